The number of rotatable bonds is 2. The van der Waals surface area contributed by atoms with Gasteiger partial charge < -0.3 is 15.8 Å². The van der Waals surface area contributed by atoms with E-state index in [4.69, 9.17) is 10.5 Å². The van der Waals surface area contributed by atoms with Gasteiger partial charge in [-0.05, 0) is 40.9 Å². The highest BCUT2D eigenvalue weighted by Crippen LogP contribution is 2.37. The minimum atomic E-state index is -0.208. The number of amides is 1. The van der Waals surface area contributed by atoms with Crippen LogP contribution < -0.4 is 11.1 Å². The van der Waals surface area contributed by atoms with Crippen LogP contribution in [-0.4, -0.2) is 35.7 Å². The Kier molecular flexibility index (Phi) is 3.56. The second kappa shape index (κ2) is 5.19. The predicted molar refractivity (Wildman–Crippen MR) is 73.6 cm³/mol. The van der Waals surface area contributed by atoms with E-state index in [0.29, 0.717) is 16.1 Å². The SMILES string of the molecule is NC1C2CCCOC2C1NC(=O)c1ncccc1Br. The lowest BCUT2D eigenvalue weighted by Gasteiger charge is -2.52. The lowest BCUT2D eigenvalue weighted by Crippen LogP contribution is -2.72. The summed E-state index contributed by atoms with van der Waals surface area (Å²) >= 11 is 3.32. The minimum absolute atomic E-state index is 0.0169. The summed E-state index contributed by atoms with van der Waals surface area (Å²) in [6, 6.07) is 3.45. The topological polar surface area (TPSA) is 77.2 Å². The van der Waals surface area contributed by atoms with Crippen molar-refractivity contribution < 1.29 is 9.53 Å². The van der Waals surface area contributed by atoms with Crippen LogP contribution >= 0.6 is 15.9 Å². The van der Waals surface area contributed by atoms with Gasteiger partial charge in [0, 0.05) is 29.2 Å². The maximum Gasteiger partial charge on any atom is 0.271 e. The summed E-state index contributed by atoms with van der Waals surface area (Å²) in [5, 5.41) is 2.94. The van der Waals surface area contributed by atoms with Crippen molar-refractivity contribution in [3.63, 3.8) is 0 Å². The van der Waals surface area contributed by atoms with Gasteiger partial charge in [0.25, 0.3) is 5.91 Å². The zero-order valence-corrected chi connectivity index (χ0v) is 12.0. The number of halogens is 1. The Balaban J connectivity index is 1.69. The normalized spacial score (nSPS) is 33.2. The molecular formula is C13H16BrN3O2. The number of nitrogens with one attached hydrogen (secondary N) is 1. The Bertz CT molecular complexity index is 497. The summed E-state index contributed by atoms with van der Waals surface area (Å²) in [7, 11) is 0. The van der Waals surface area contributed by atoms with Gasteiger partial charge in [0.15, 0.2) is 0 Å². The third-order valence-electron chi connectivity index (χ3n) is 3.95. The zero-order valence-electron chi connectivity index (χ0n) is 10.4. The standard InChI is InChI=1S/C13H16BrN3O2/c14-8-4-1-5-16-10(8)13(18)17-11-9(15)7-3-2-6-19-12(7)11/h1,4-5,7,9,11-12H,2-3,6,15H2,(H,17,18). The fourth-order valence-corrected chi connectivity index (χ4v) is 3.33. The minimum Gasteiger partial charge on any atom is -0.376 e. The van der Waals surface area contributed by atoms with Crippen LogP contribution in [0.2, 0.25) is 0 Å². The Morgan fingerprint density at radius 2 is 2.42 bits per heavy atom. The molecule has 5 nitrogen and oxygen atoms in total. The van der Waals surface area contributed by atoms with Gasteiger partial charge in [-0.15, -0.1) is 0 Å². The van der Waals surface area contributed by atoms with Gasteiger partial charge in [0.05, 0.1) is 12.1 Å². The van der Waals surface area contributed by atoms with Crippen molar-refractivity contribution in [2.24, 2.45) is 11.7 Å². The van der Waals surface area contributed by atoms with Crippen LogP contribution in [-0.2, 0) is 4.74 Å². The molecule has 0 bridgehead atoms. The zero-order chi connectivity index (χ0) is 13.4. The van der Waals surface area contributed by atoms with E-state index in [1.54, 1.807) is 18.3 Å². The van der Waals surface area contributed by atoms with Crippen LogP contribution in [0.25, 0.3) is 0 Å². The molecule has 1 aliphatic carbocycles. The highest BCUT2D eigenvalue weighted by Gasteiger charge is 2.51. The van der Waals surface area contributed by atoms with Crippen LogP contribution in [0.1, 0.15) is 23.3 Å². The number of ether oxygens (including phenoxy) is 1. The number of fused-ring (bicyclic) bond motifs is 1. The molecule has 102 valence electrons. The number of hydrogen-bond donors (Lipinski definition) is 2. The highest BCUT2D eigenvalue weighted by atomic mass is 79.9. The van der Waals surface area contributed by atoms with Gasteiger partial charge in [-0.2, -0.15) is 0 Å². The lowest BCUT2D eigenvalue weighted by molar-refractivity contribution is -0.117. The molecule has 2 fully saturated rings. The molecule has 0 spiro atoms. The molecule has 1 saturated carbocycles. The summed E-state index contributed by atoms with van der Waals surface area (Å²) < 4.78 is 6.38. The number of nitrogens with zero attached hydrogens (tertiary/aromatic N) is 1. The second-order valence-electron chi connectivity index (χ2n) is 5.05. The maximum atomic E-state index is 12.2. The van der Waals surface area contributed by atoms with Crippen molar-refractivity contribution in [3.05, 3.63) is 28.5 Å². The summed E-state index contributed by atoms with van der Waals surface area (Å²) in [4.78, 5) is 16.3. The Morgan fingerprint density at radius 1 is 1.58 bits per heavy atom. The lowest BCUT2D eigenvalue weighted by atomic mass is 9.68. The van der Waals surface area contributed by atoms with Crippen molar-refractivity contribution in [2.75, 3.05) is 6.61 Å². The monoisotopic (exact) mass is 325 g/mol. The van der Waals surface area contributed by atoms with Crippen LogP contribution in [0.5, 0.6) is 0 Å². The molecule has 19 heavy (non-hydrogen) atoms. The fourth-order valence-electron chi connectivity index (χ4n) is 2.90. The number of nitrogens with two attached hydrogens (primary N) is 1. The molecule has 1 aliphatic heterocycles. The predicted octanol–water partition coefficient (Wildman–Crippen LogP) is 1.08. The van der Waals surface area contributed by atoms with Crippen LogP contribution in [0.4, 0.5) is 0 Å². The average molecular weight is 326 g/mol. The van der Waals surface area contributed by atoms with Gasteiger partial charge in [0.1, 0.15) is 5.69 Å². The van der Waals surface area contributed by atoms with E-state index in [0.717, 1.165) is 19.4 Å². The Morgan fingerprint density at radius 3 is 3.21 bits per heavy atom. The molecule has 6 heteroatoms. The van der Waals surface area contributed by atoms with E-state index in [1.807, 2.05) is 0 Å². The smallest absolute Gasteiger partial charge is 0.271 e. The molecule has 0 aromatic carbocycles. The summed E-state index contributed by atoms with van der Waals surface area (Å²) in [6.45, 7) is 0.757. The second-order valence-corrected chi connectivity index (χ2v) is 5.91. The highest BCUT2D eigenvalue weighted by molar-refractivity contribution is 9.10. The first-order valence-corrected chi connectivity index (χ1v) is 7.26. The molecule has 1 saturated heterocycles. The van der Waals surface area contributed by atoms with E-state index in [2.05, 4.69) is 26.2 Å². The van der Waals surface area contributed by atoms with Gasteiger partial charge in [-0.1, -0.05) is 0 Å². The first kappa shape index (κ1) is 13.0. The number of hydrogen-bond acceptors (Lipinski definition) is 4. The summed E-state index contributed by atoms with van der Waals surface area (Å²) in [5.41, 5.74) is 6.50. The molecule has 2 heterocycles. The average Bonchev–Trinajstić information content (AvgIpc) is 2.44. The maximum absolute atomic E-state index is 12.2. The van der Waals surface area contributed by atoms with Gasteiger partial charge >= 0.3 is 0 Å². The van der Waals surface area contributed by atoms with Gasteiger partial charge in [0.2, 0.25) is 0 Å². The van der Waals surface area contributed by atoms with Crippen molar-refractivity contribution in [3.8, 4) is 0 Å². The molecule has 2 aliphatic rings. The van der Waals surface area contributed by atoms with Crippen molar-refractivity contribution >= 4 is 21.8 Å². The number of aromatic nitrogens is 1. The number of carbonyl (C=O) groups is 1. The van der Waals surface area contributed by atoms with Crippen LogP contribution in [0, 0.1) is 5.92 Å². The number of pyridine rings is 1. The molecule has 1 amide bonds. The van der Waals surface area contributed by atoms with E-state index >= 15 is 0 Å². The third kappa shape index (κ3) is 2.28. The molecule has 0 radical (unpaired) electrons. The molecular weight excluding hydrogens is 310 g/mol. The van der Waals surface area contributed by atoms with Gasteiger partial charge in [-0.3, -0.25) is 4.79 Å². The van der Waals surface area contributed by atoms with Crippen molar-refractivity contribution in [1.29, 1.82) is 0 Å². The molecule has 1 aromatic heterocycles. The van der Waals surface area contributed by atoms with Crippen LogP contribution in [0.15, 0.2) is 22.8 Å². The van der Waals surface area contributed by atoms with Gasteiger partial charge in [-0.25, -0.2) is 4.98 Å². The Hall–Kier alpha value is -0.980. The first-order chi connectivity index (χ1) is 9.18. The van der Waals surface area contributed by atoms with E-state index in [9.17, 15) is 4.79 Å². The Labute approximate surface area is 120 Å². The number of carbonyl (C=O) groups excluding carboxylic acids is 1. The molecule has 3 N–H and O–H groups in total. The molecule has 1 aromatic rings. The van der Waals surface area contributed by atoms with Crippen LogP contribution in [0.3, 0.4) is 0 Å². The van der Waals surface area contributed by atoms with Crippen molar-refractivity contribution in [1.82, 2.24) is 10.3 Å². The largest absolute Gasteiger partial charge is 0.376 e. The van der Waals surface area contributed by atoms with E-state index < -0.39 is 0 Å². The quantitative estimate of drug-likeness (QED) is 0.853. The van der Waals surface area contributed by atoms with Crippen molar-refractivity contribution in [2.45, 2.75) is 31.0 Å². The van der Waals surface area contributed by atoms with E-state index in [-0.39, 0.29) is 24.1 Å². The summed E-state index contributed by atoms with van der Waals surface area (Å²) in [6.07, 6.45) is 3.81. The molecule has 4 unspecified atom stereocenters. The molecule has 4 atom stereocenters. The molecule has 3 rings (SSSR count). The fraction of sp³-hybridized carbons (Fsp3) is 0.538. The first-order valence-electron chi connectivity index (χ1n) is 6.47. The van der Waals surface area contributed by atoms with E-state index in [1.165, 1.54) is 0 Å². The summed E-state index contributed by atoms with van der Waals surface area (Å²) in [5.74, 6) is 0.173. The third-order valence-corrected chi connectivity index (χ3v) is 4.59.